The molecule has 1 amide bonds. The molecule has 0 aromatic rings. The number of nitrogens with one attached hydrogen (secondary N) is 1. The molecule has 0 atom stereocenters. The van der Waals surface area contributed by atoms with E-state index in [1.165, 1.54) is 7.11 Å². The quantitative estimate of drug-likeness (QED) is 0.474. The van der Waals surface area contributed by atoms with Crippen molar-refractivity contribution >= 4 is 11.9 Å². The molecular weight excluding hydrogens is 222 g/mol. The number of carbonyl (C=O) groups excluding carboxylic acids is 2. The summed E-state index contributed by atoms with van der Waals surface area (Å²) in [5, 5.41) is 10.9. The fraction of sp³-hybridized carbons (Fsp3) is 0.727. The van der Waals surface area contributed by atoms with Gasteiger partial charge in [0.1, 0.15) is 0 Å². The maximum Gasteiger partial charge on any atom is 0.306 e. The molecule has 0 rings (SSSR count). The summed E-state index contributed by atoms with van der Waals surface area (Å²) in [7, 11) is 1.34. The van der Waals surface area contributed by atoms with E-state index in [1.807, 2.05) is 17.9 Å². The Morgan fingerprint density at radius 1 is 1.47 bits per heavy atom. The SMILES string of the molecule is CCN(CCC(=O)OC)CC(=O)NCCC#N. The Balaban J connectivity index is 3.83. The first kappa shape index (κ1) is 15.4. The molecule has 6 nitrogen and oxygen atoms in total. The fourth-order valence-corrected chi connectivity index (χ4v) is 1.22. The van der Waals surface area contributed by atoms with E-state index in [9.17, 15) is 9.59 Å². The standard InChI is InChI=1S/C11H19N3O3/c1-3-14(8-5-11(16)17-2)9-10(15)13-7-4-6-12/h3-5,7-9H2,1-2H3,(H,13,15). The molecule has 0 fully saturated rings. The molecule has 0 heterocycles. The summed E-state index contributed by atoms with van der Waals surface area (Å²) in [5.74, 6) is -0.416. The van der Waals surface area contributed by atoms with Gasteiger partial charge in [0.15, 0.2) is 0 Å². The number of nitrogens with zero attached hydrogens (tertiary/aromatic N) is 2. The lowest BCUT2D eigenvalue weighted by molar-refractivity contribution is -0.141. The van der Waals surface area contributed by atoms with Gasteiger partial charge in [0.05, 0.1) is 32.6 Å². The molecule has 0 bridgehead atoms. The summed E-state index contributed by atoms with van der Waals surface area (Å²) in [6, 6.07) is 1.95. The summed E-state index contributed by atoms with van der Waals surface area (Å²) >= 11 is 0. The van der Waals surface area contributed by atoms with E-state index in [1.54, 1.807) is 0 Å². The van der Waals surface area contributed by atoms with Crippen molar-refractivity contribution in [3.63, 3.8) is 0 Å². The maximum atomic E-state index is 11.4. The van der Waals surface area contributed by atoms with Crippen LogP contribution in [0.3, 0.4) is 0 Å². The first-order chi connectivity index (χ1) is 8.13. The largest absolute Gasteiger partial charge is 0.469 e. The van der Waals surface area contributed by atoms with Crippen LogP contribution in [-0.2, 0) is 14.3 Å². The number of likely N-dealkylation sites (N-methyl/N-ethyl adjacent to an activating group) is 1. The fourth-order valence-electron chi connectivity index (χ4n) is 1.22. The third-order valence-electron chi connectivity index (χ3n) is 2.23. The summed E-state index contributed by atoms with van der Waals surface area (Å²) in [6.45, 7) is 3.69. The van der Waals surface area contributed by atoms with Gasteiger partial charge in [-0.3, -0.25) is 14.5 Å². The molecule has 0 saturated carbocycles. The molecule has 0 aromatic heterocycles. The Kier molecular flexibility index (Phi) is 8.69. The molecule has 6 heteroatoms. The number of carbonyl (C=O) groups is 2. The molecule has 0 unspecified atom stereocenters. The molecule has 1 N–H and O–H groups in total. The molecular formula is C11H19N3O3. The van der Waals surface area contributed by atoms with Crippen molar-refractivity contribution in [2.24, 2.45) is 0 Å². The van der Waals surface area contributed by atoms with Gasteiger partial charge in [-0.25, -0.2) is 0 Å². The molecule has 17 heavy (non-hydrogen) atoms. The second kappa shape index (κ2) is 9.60. The Morgan fingerprint density at radius 2 is 2.18 bits per heavy atom. The van der Waals surface area contributed by atoms with E-state index >= 15 is 0 Å². The number of ether oxygens (including phenoxy) is 1. The molecule has 0 aliphatic heterocycles. The monoisotopic (exact) mass is 241 g/mol. The predicted molar refractivity (Wildman–Crippen MR) is 62.0 cm³/mol. The first-order valence-corrected chi connectivity index (χ1v) is 5.56. The summed E-state index contributed by atoms with van der Waals surface area (Å²) in [6.07, 6.45) is 0.579. The zero-order valence-electron chi connectivity index (χ0n) is 10.4. The van der Waals surface area contributed by atoms with Gasteiger partial charge >= 0.3 is 5.97 Å². The Morgan fingerprint density at radius 3 is 2.71 bits per heavy atom. The highest BCUT2D eigenvalue weighted by molar-refractivity contribution is 5.78. The van der Waals surface area contributed by atoms with Crippen LogP contribution in [-0.4, -0.2) is 50.1 Å². The molecule has 96 valence electrons. The van der Waals surface area contributed by atoms with Gasteiger partial charge < -0.3 is 10.1 Å². The van der Waals surface area contributed by atoms with Gasteiger partial charge in [0.2, 0.25) is 5.91 Å². The van der Waals surface area contributed by atoms with E-state index in [0.29, 0.717) is 26.1 Å². The molecule has 0 aliphatic carbocycles. The van der Waals surface area contributed by atoms with Gasteiger partial charge in [-0.15, -0.1) is 0 Å². The minimum absolute atomic E-state index is 0.132. The lowest BCUT2D eigenvalue weighted by atomic mass is 10.3. The molecule has 0 aliphatic rings. The second-order valence-corrected chi connectivity index (χ2v) is 3.45. The zero-order chi connectivity index (χ0) is 13.1. The number of esters is 1. The van der Waals surface area contributed by atoms with Crippen LogP contribution in [0.1, 0.15) is 19.8 Å². The number of hydrogen-bond donors (Lipinski definition) is 1. The van der Waals surface area contributed by atoms with Crippen LogP contribution in [0.15, 0.2) is 0 Å². The van der Waals surface area contributed by atoms with E-state index in [-0.39, 0.29) is 24.8 Å². The van der Waals surface area contributed by atoms with Crippen molar-refractivity contribution in [3.05, 3.63) is 0 Å². The van der Waals surface area contributed by atoms with E-state index in [4.69, 9.17) is 5.26 Å². The minimum Gasteiger partial charge on any atom is -0.469 e. The van der Waals surface area contributed by atoms with Crippen molar-refractivity contribution in [1.82, 2.24) is 10.2 Å². The molecule has 0 aromatic carbocycles. The minimum atomic E-state index is -0.284. The van der Waals surface area contributed by atoms with Crippen LogP contribution in [0.5, 0.6) is 0 Å². The average Bonchev–Trinajstić information content (AvgIpc) is 2.34. The number of rotatable bonds is 8. The lowest BCUT2D eigenvalue weighted by Crippen LogP contribution is -2.38. The van der Waals surface area contributed by atoms with E-state index in [2.05, 4.69) is 10.1 Å². The van der Waals surface area contributed by atoms with E-state index in [0.717, 1.165) is 0 Å². The summed E-state index contributed by atoms with van der Waals surface area (Å²) < 4.78 is 4.53. The smallest absolute Gasteiger partial charge is 0.306 e. The number of nitriles is 1. The van der Waals surface area contributed by atoms with Crippen LogP contribution < -0.4 is 5.32 Å². The predicted octanol–water partition coefficient (Wildman–Crippen LogP) is -0.0987. The van der Waals surface area contributed by atoms with E-state index < -0.39 is 0 Å². The van der Waals surface area contributed by atoms with Crippen molar-refractivity contribution < 1.29 is 14.3 Å². The van der Waals surface area contributed by atoms with Crippen molar-refractivity contribution in [2.45, 2.75) is 19.8 Å². The third kappa shape index (κ3) is 8.22. The topological polar surface area (TPSA) is 82.4 Å². The van der Waals surface area contributed by atoms with Gasteiger partial charge in [0.25, 0.3) is 0 Å². The van der Waals surface area contributed by atoms with Gasteiger partial charge in [-0.05, 0) is 6.54 Å². The number of methoxy groups -OCH3 is 1. The highest BCUT2D eigenvalue weighted by Crippen LogP contribution is 1.93. The molecule has 0 saturated heterocycles. The first-order valence-electron chi connectivity index (χ1n) is 5.56. The van der Waals surface area contributed by atoms with Gasteiger partial charge in [-0.2, -0.15) is 5.26 Å². The lowest BCUT2D eigenvalue weighted by Gasteiger charge is -2.18. The summed E-state index contributed by atoms with van der Waals surface area (Å²) in [4.78, 5) is 24.2. The van der Waals surface area contributed by atoms with Crippen LogP contribution in [0.4, 0.5) is 0 Å². The molecule has 0 spiro atoms. The number of amides is 1. The maximum absolute atomic E-state index is 11.4. The zero-order valence-corrected chi connectivity index (χ0v) is 10.4. The normalized spacial score (nSPS) is 9.76. The van der Waals surface area contributed by atoms with Gasteiger partial charge in [0, 0.05) is 13.1 Å². The van der Waals surface area contributed by atoms with Crippen LogP contribution in [0.25, 0.3) is 0 Å². The van der Waals surface area contributed by atoms with Crippen LogP contribution >= 0.6 is 0 Å². The van der Waals surface area contributed by atoms with Crippen molar-refractivity contribution in [2.75, 3.05) is 33.3 Å². The van der Waals surface area contributed by atoms with Gasteiger partial charge in [-0.1, -0.05) is 6.92 Å². The highest BCUT2D eigenvalue weighted by Gasteiger charge is 2.10. The van der Waals surface area contributed by atoms with Crippen LogP contribution in [0.2, 0.25) is 0 Å². The number of hydrogen-bond acceptors (Lipinski definition) is 5. The van der Waals surface area contributed by atoms with Crippen molar-refractivity contribution in [3.8, 4) is 6.07 Å². The highest BCUT2D eigenvalue weighted by atomic mass is 16.5. The third-order valence-corrected chi connectivity index (χ3v) is 2.23. The second-order valence-electron chi connectivity index (χ2n) is 3.45. The Labute approximate surface area is 102 Å². The molecule has 0 radical (unpaired) electrons. The average molecular weight is 241 g/mol. The Hall–Kier alpha value is -1.61. The van der Waals surface area contributed by atoms with Crippen molar-refractivity contribution in [1.29, 1.82) is 5.26 Å². The summed E-state index contributed by atoms with van der Waals surface area (Å²) in [5.41, 5.74) is 0. The van der Waals surface area contributed by atoms with Crippen LogP contribution in [0, 0.1) is 11.3 Å². The Bertz CT molecular complexity index is 286.